The first-order valence-electron chi connectivity index (χ1n) is 6.77. The summed E-state index contributed by atoms with van der Waals surface area (Å²) in [6, 6.07) is 14.7. The number of hydrogen-bond donors (Lipinski definition) is 0. The van der Waals surface area contributed by atoms with Crippen LogP contribution in [-0.2, 0) is 16.1 Å². The first-order valence-corrected chi connectivity index (χ1v) is 7.14. The van der Waals surface area contributed by atoms with Gasteiger partial charge < -0.3 is 14.2 Å². The highest BCUT2D eigenvalue weighted by molar-refractivity contribution is 6.31. The summed E-state index contributed by atoms with van der Waals surface area (Å²) >= 11 is 5.97. The van der Waals surface area contributed by atoms with Crippen molar-refractivity contribution >= 4 is 17.4 Å². The summed E-state index contributed by atoms with van der Waals surface area (Å²) in [6.45, 7) is 0.351. The number of ketones is 1. The molecule has 0 aliphatic rings. The van der Waals surface area contributed by atoms with Gasteiger partial charge in [0.05, 0.1) is 5.56 Å². The van der Waals surface area contributed by atoms with Gasteiger partial charge in [0.2, 0.25) is 0 Å². The molecule has 2 aromatic rings. The predicted molar refractivity (Wildman–Crippen MR) is 84.4 cm³/mol. The second kappa shape index (κ2) is 8.54. The molecule has 0 aromatic heterocycles. The molecule has 0 heterocycles. The van der Waals surface area contributed by atoms with E-state index in [0.29, 0.717) is 22.9 Å². The van der Waals surface area contributed by atoms with Crippen molar-refractivity contribution < 1.29 is 19.0 Å². The summed E-state index contributed by atoms with van der Waals surface area (Å²) in [5.41, 5.74) is 1.42. The van der Waals surface area contributed by atoms with Crippen molar-refractivity contribution in [2.75, 3.05) is 20.5 Å². The predicted octanol–water partition coefficient (Wildman–Crippen LogP) is 3.72. The number of carbonyl (C=O) groups excluding carboxylic acids is 1. The fourth-order valence-corrected chi connectivity index (χ4v) is 2.05. The zero-order chi connectivity index (χ0) is 15.8. The first kappa shape index (κ1) is 16.5. The molecule has 2 rings (SSSR count). The van der Waals surface area contributed by atoms with Crippen LogP contribution < -0.4 is 4.74 Å². The summed E-state index contributed by atoms with van der Waals surface area (Å²) in [4.78, 5) is 12.2. The minimum absolute atomic E-state index is 0.0620. The first-order chi connectivity index (χ1) is 10.7. The zero-order valence-corrected chi connectivity index (χ0v) is 13.0. The highest BCUT2D eigenvalue weighted by Gasteiger charge is 2.14. The molecular weight excluding hydrogens is 304 g/mol. The summed E-state index contributed by atoms with van der Waals surface area (Å²) in [5.74, 6) is 0.280. The zero-order valence-electron chi connectivity index (χ0n) is 12.3. The van der Waals surface area contributed by atoms with Crippen molar-refractivity contribution in [1.29, 1.82) is 0 Å². The summed E-state index contributed by atoms with van der Waals surface area (Å²) in [5, 5.41) is 0.474. The van der Waals surface area contributed by atoms with Gasteiger partial charge in [-0.25, -0.2) is 0 Å². The minimum Gasteiger partial charge on any atom is -0.488 e. The van der Waals surface area contributed by atoms with Gasteiger partial charge in [-0.2, -0.15) is 0 Å². The van der Waals surface area contributed by atoms with E-state index >= 15 is 0 Å². The van der Waals surface area contributed by atoms with Gasteiger partial charge in [0, 0.05) is 12.1 Å². The smallest absolute Gasteiger partial charge is 0.192 e. The molecule has 0 spiro atoms. The van der Waals surface area contributed by atoms with Gasteiger partial charge in [-0.15, -0.1) is 0 Å². The Labute approximate surface area is 134 Å². The molecule has 0 amide bonds. The van der Waals surface area contributed by atoms with E-state index in [-0.39, 0.29) is 19.2 Å². The molecule has 0 aliphatic heterocycles. The van der Waals surface area contributed by atoms with Crippen LogP contribution in [0.1, 0.15) is 15.9 Å². The highest BCUT2D eigenvalue weighted by Crippen LogP contribution is 2.24. The lowest BCUT2D eigenvalue weighted by Gasteiger charge is -2.11. The van der Waals surface area contributed by atoms with Crippen LogP contribution in [0.15, 0.2) is 48.5 Å². The number of halogens is 1. The van der Waals surface area contributed by atoms with E-state index in [9.17, 15) is 4.79 Å². The second-order valence-corrected chi connectivity index (χ2v) is 5.03. The standard InChI is InChI=1S/C17H17ClO4/c1-20-12-21-11-16(19)15-9-14(18)7-8-17(15)22-10-13-5-3-2-4-6-13/h2-9H,10-12H2,1H3. The molecule has 0 unspecified atom stereocenters. The molecule has 0 saturated carbocycles. The van der Waals surface area contributed by atoms with Crippen LogP contribution in [0.3, 0.4) is 0 Å². The lowest BCUT2D eigenvalue weighted by molar-refractivity contribution is -0.0238. The van der Waals surface area contributed by atoms with Crippen molar-refractivity contribution in [3.8, 4) is 5.75 Å². The largest absolute Gasteiger partial charge is 0.488 e. The Bertz CT molecular complexity index is 613. The van der Waals surface area contributed by atoms with Crippen molar-refractivity contribution in [3.63, 3.8) is 0 Å². The van der Waals surface area contributed by atoms with E-state index in [1.807, 2.05) is 30.3 Å². The number of hydrogen-bond acceptors (Lipinski definition) is 4. The lowest BCUT2D eigenvalue weighted by Crippen LogP contribution is -2.12. The Balaban J connectivity index is 2.08. The fraction of sp³-hybridized carbons (Fsp3) is 0.235. The molecular formula is C17H17ClO4. The number of Topliss-reactive ketones (excluding diaryl/α,β-unsaturated/α-hetero) is 1. The molecule has 0 fully saturated rings. The number of methoxy groups -OCH3 is 1. The van der Waals surface area contributed by atoms with Crippen LogP contribution in [-0.4, -0.2) is 26.3 Å². The Morgan fingerprint density at radius 1 is 1.14 bits per heavy atom. The third-order valence-electron chi connectivity index (χ3n) is 2.91. The van der Waals surface area contributed by atoms with Crippen LogP contribution in [0, 0.1) is 0 Å². The molecule has 0 bridgehead atoms. The third kappa shape index (κ3) is 4.84. The Morgan fingerprint density at radius 3 is 2.64 bits per heavy atom. The maximum absolute atomic E-state index is 12.2. The van der Waals surface area contributed by atoms with E-state index in [1.165, 1.54) is 7.11 Å². The highest BCUT2D eigenvalue weighted by atomic mass is 35.5. The quantitative estimate of drug-likeness (QED) is 0.422. The summed E-state index contributed by atoms with van der Waals surface area (Å²) in [6.07, 6.45) is 0. The van der Waals surface area contributed by atoms with Gasteiger partial charge in [-0.3, -0.25) is 4.79 Å². The molecule has 0 N–H and O–H groups in total. The fourth-order valence-electron chi connectivity index (χ4n) is 1.88. The number of benzene rings is 2. The molecule has 0 saturated heterocycles. The normalized spacial score (nSPS) is 10.5. The van der Waals surface area contributed by atoms with E-state index in [2.05, 4.69) is 0 Å². The molecule has 4 nitrogen and oxygen atoms in total. The number of ether oxygens (including phenoxy) is 3. The van der Waals surface area contributed by atoms with Gasteiger partial charge in [0.15, 0.2) is 5.78 Å². The molecule has 116 valence electrons. The lowest BCUT2D eigenvalue weighted by atomic mass is 10.1. The average Bonchev–Trinajstić information content (AvgIpc) is 2.54. The van der Waals surface area contributed by atoms with Crippen molar-refractivity contribution in [1.82, 2.24) is 0 Å². The maximum Gasteiger partial charge on any atom is 0.192 e. The Morgan fingerprint density at radius 2 is 1.91 bits per heavy atom. The van der Waals surface area contributed by atoms with Crippen molar-refractivity contribution in [2.24, 2.45) is 0 Å². The minimum atomic E-state index is -0.206. The second-order valence-electron chi connectivity index (χ2n) is 4.59. The van der Waals surface area contributed by atoms with E-state index in [1.54, 1.807) is 18.2 Å². The van der Waals surface area contributed by atoms with Gasteiger partial charge in [0.1, 0.15) is 25.8 Å². The molecule has 0 atom stereocenters. The summed E-state index contributed by atoms with van der Waals surface area (Å²) < 4.78 is 15.6. The van der Waals surface area contributed by atoms with Crippen LogP contribution >= 0.6 is 11.6 Å². The van der Waals surface area contributed by atoms with E-state index < -0.39 is 0 Å². The molecule has 0 radical (unpaired) electrons. The van der Waals surface area contributed by atoms with Crippen LogP contribution in [0.25, 0.3) is 0 Å². The van der Waals surface area contributed by atoms with Crippen LogP contribution in [0.4, 0.5) is 0 Å². The number of rotatable bonds is 8. The number of carbonyl (C=O) groups is 1. The molecule has 0 aliphatic carbocycles. The van der Waals surface area contributed by atoms with Gasteiger partial charge in [-0.1, -0.05) is 41.9 Å². The van der Waals surface area contributed by atoms with E-state index in [0.717, 1.165) is 5.56 Å². The Kier molecular flexibility index (Phi) is 6.40. The third-order valence-corrected chi connectivity index (χ3v) is 3.15. The van der Waals surface area contributed by atoms with Crippen molar-refractivity contribution in [3.05, 3.63) is 64.7 Å². The van der Waals surface area contributed by atoms with E-state index in [4.69, 9.17) is 25.8 Å². The van der Waals surface area contributed by atoms with Crippen molar-refractivity contribution in [2.45, 2.75) is 6.61 Å². The SMILES string of the molecule is COCOCC(=O)c1cc(Cl)ccc1OCc1ccccc1. The maximum atomic E-state index is 12.2. The van der Waals surface area contributed by atoms with Gasteiger partial charge >= 0.3 is 0 Å². The van der Waals surface area contributed by atoms with Gasteiger partial charge in [-0.05, 0) is 23.8 Å². The topological polar surface area (TPSA) is 44.8 Å². The van der Waals surface area contributed by atoms with Gasteiger partial charge in [0.25, 0.3) is 0 Å². The monoisotopic (exact) mass is 320 g/mol. The molecule has 22 heavy (non-hydrogen) atoms. The Hall–Kier alpha value is -1.88. The van der Waals surface area contributed by atoms with Crippen LogP contribution in [0.5, 0.6) is 5.75 Å². The molecule has 5 heteroatoms. The van der Waals surface area contributed by atoms with Crippen LogP contribution in [0.2, 0.25) is 5.02 Å². The summed E-state index contributed by atoms with van der Waals surface area (Å²) in [7, 11) is 1.50. The average molecular weight is 321 g/mol. The molecule has 2 aromatic carbocycles.